The molecule has 2 aliphatic carbocycles. The Labute approximate surface area is 185 Å². The highest BCUT2D eigenvalue weighted by Crippen LogP contribution is 2.56. The van der Waals surface area contributed by atoms with Gasteiger partial charge >= 0.3 is 5.97 Å². The zero-order valence-electron chi connectivity index (χ0n) is 18.0. The van der Waals surface area contributed by atoms with Gasteiger partial charge in [0.2, 0.25) is 0 Å². The van der Waals surface area contributed by atoms with Gasteiger partial charge in [0.05, 0.1) is 5.92 Å². The molecule has 2 heterocycles. The predicted octanol–water partition coefficient (Wildman–Crippen LogP) is 4.78. The Kier molecular flexibility index (Phi) is 5.35. The number of hydrogen-bond donors (Lipinski definition) is 0. The van der Waals surface area contributed by atoms with Crippen LogP contribution in [0.3, 0.4) is 0 Å². The van der Waals surface area contributed by atoms with Crippen LogP contribution in [0.5, 0.6) is 0 Å². The average molecular weight is 429 g/mol. The van der Waals surface area contributed by atoms with Crippen molar-refractivity contribution >= 4 is 23.3 Å². The van der Waals surface area contributed by atoms with Crippen molar-refractivity contribution in [3.8, 4) is 0 Å². The molecular weight excluding hydrogens is 396 g/mol. The van der Waals surface area contributed by atoms with E-state index in [1.54, 1.807) is 0 Å². The van der Waals surface area contributed by atoms with E-state index >= 15 is 0 Å². The number of halogens is 1. The van der Waals surface area contributed by atoms with Crippen molar-refractivity contribution in [1.82, 2.24) is 4.90 Å². The van der Waals surface area contributed by atoms with E-state index in [1.807, 2.05) is 18.2 Å². The molecule has 4 fully saturated rings. The molecule has 5 atom stereocenters. The Morgan fingerprint density at radius 3 is 2.83 bits per heavy atom. The van der Waals surface area contributed by atoms with Gasteiger partial charge in [0.25, 0.3) is 0 Å². The number of rotatable bonds is 3. The first kappa shape index (κ1) is 20.4. The molecule has 1 aromatic rings. The number of anilines is 1. The van der Waals surface area contributed by atoms with Gasteiger partial charge in [0, 0.05) is 49.4 Å². The number of nitrogens with zero attached hydrogens (tertiary/aromatic N) is 2. The molecule has 0 spiro atoms. The molecule has 4 nitrogen and oxygen atoms in total. The summed E-state index contributed by atoms with van der Waals surface area (Å²) in [5.41, 5.74) is 2.87. The number of carbonyl (C=O) groups is 1. The van der Waals surface area contributed by atoms with Crippen LogP contribution in [0.4, 0.5) is 5.69 Å². The minimum absolute atomic E-state index is 0.0204. The van der Waals surface area contributed by atoms with Gasteiger partial charge in [-0.2, -0.15) is 0 Å². The number of piperazine rings is 1. The predicted molar refractivity (Wildman–Crippen MR) is 121 cm³/mol. The van der Waals surface area contributed by atoms with E-state index in [9.17, 15) is 4.79 Å². The Bertz CT molecular complexity index is 834. The zero-order valence-corrected chi connectivity index (χ0v) is 18.7. The van der Waals surface area contributed by atoms with Crippen LogP contribution in [0.2, 0.25) is 5.02 Å². The number of fused-ring (bicyclic) bond motifs is 2. The average Bonchev–Trinajstić information content (AvgIpc) is 3.01. The maximum absolute atomic E-state index is 12.8. The van der Waals surface area contributed by atoms with Gasteiger partial charge in [-0.05, 0) is 61.6 Å². The van der Waals surface area contributed by atoms with Gasteiger partial charge < -0.3 is 9.64 Å². The third-order valence-corrected chi connectivity index (χ3v) is 8.56. The van der Waals surface area contributed by atoms with Crippen LogP contribution in [0.1, 0.15) is 39.0 Å². The number of allylic oxidation sites excluding steroid dienone is 1. The minimum Gasteiger partial charge on any atom is -0.462 e. The number of esters is 1. The van der Waals surface area contributed by atoms with Crippen molar-refractivity contribution in [3.05, 3.63) is 41.4 Å². The lowest BCUT2D eigenvalue weighted by Crippen LogP contribution is -2.50. The SMILES string of the molecule is C=C1CCC[C@]2(C)C[C@H]3OC(=O)[C@@H](CN4CCN(c5cccc(Cl)c5)CC4)[C@H]3C[C@H]12. The molecule has 2 saturated heterocycles. The topological polar surface area (TPSA) is 32.8 Å². The van der Waals surface area contributed by atoms with Crippen LogP contribution < -0.4 is 4.90 Å². The first-order chi connectivity index (χ1) is 14.4. The lowest BCUT2D eigenvalue weighted by atomic mass is 9.55. The summed E-state index contributed by atoms with van der Waals surface area (Å²) in [6.45, 7) is 11.5. The van der Waals surface area contributed by atoms with Crippen LogP contribution in [-0.4, -0.2) is 49.7 Å². The second-order valence-corrected chi connectivity index (χ2v) is 10.6. The first-order valence-electron chi connectivity index (χ1n) is 11.5. The Balaban J connectivity index is 1.23. The van der Waals surface area contributed by atoms with Gasteiger partial charge in [-0.15, -0.1) is 0 Å². The summed E-state index contributed by atoms with van der Waals surface area (Å²) in [6, 6.07) is 8.08. The number of ether oxygens (including phenoxy) is 1. The summed E-state index contributed by atoms with van der Waals surface area (Å²) in [4.78, 5) is 17.7. The fraction of sp³-hybridized carbons (Fsp3) is 0.640. The van der Waals surface area contributed by atoms with E-state index in [0.717, 1.165) is 57.0 Å². The van der Waals surface area contributed by atoms with Crippen LogP contribution in [-0.2, 0) is 9.53 Å². The standard InChI is InChI=1S/C25H33ClN2O2/c1-17-5-4-8-25(2)15-23-20(14-22(17)25)21(24(29)30-23)16-27-9-11-28(12-10-27)19-7-3-6-18(26)13-19/h3,6-7,13,20-23H,1,4-5,8-12,14-16H2,2H3/t20-,21+,22-,23-,25-/m1/s1. The van der Waals surface area contributed by atoms with E-state index in [4.69, 9.17) is 16.3 Å². The van der Waals surface area contributed by atoms with Gasteiger partial charge in [-0.3, -0.25) is 9.69 Å². The molecule has 0 unspecified atom stereocenters. The Morgan fingerprint density at radius 1 is 1.27 bits per heavy atom. The second-order valence-electron chi connectivity index (χ2n) is 10.2. The van der Waals surface area contributed by atoms with Crippen LogP contribution in [0, 0.1) is 23.2 Å². The van der Waals surface area contributed by atoms with E-state index in [0.29, 0.717) is 11.8 Å². The number of benzene rings is 1. The van der Waals surface area contributed by atoms with Crippen molar-refractivity contribution in [2.75, 3.05) is 37.6 Å². The summed E-state index contributed by atoms with van der Waals surface area (Å²) in [7, 11) is 0. The molecule has 0 N–H and O–H groups in total. The fourth-order valence-corrected chi connectivity index (χ4v) is 6.79. The van der Waals surface area contributed by atoms with Gasteiger partial charge in [-0.25, -0.2) is 0 Å². The fourth-order valence-electron chi connectivity index (χ4n) is 6.60. The summed E-state index contributed by atoms with van der Waals surface area (Å²) in [5, 5.41) is 0.781. The molecule has 2 aliphatic heterocycles. The molecule has 162 valence electrons. The Hall–Kier alpha value is -1.52. The van der Waals surface area contributed by atoms with Crippen molar-refractivity contribution in [2.45, 2.75) is 45.1 Å². The van der Waals surface area contributed by atoms with Crippen molar-refractivity contribution in [3.63, 3.8) is 0 Å². The maximum Gasteiger partial charge on any atom is 0.310 e. The van der Waals surface area contributed by atoms with Crippen molar-refractivity contribution < 1.29 is 9.53 Å². The van der Waals surface area contributed by atoms with Crippen LogP contribution >= 0.6 is 11.6 Å². The highest BCUT2D eigenvalue weighted by Gasteiger charge is 2.55. The normalized spacial score (nSPS) is 36.9. The maximum atomic E-state index is 12.8. The number of hydrogen-bond acceptors (Lipinski definition) is 4. The Morgan fingerprint density at radius 2 is 2.07 bits per heavy atom. The molecule has 5 heteroatoms. The summed E-state index contributed by atoms with van der Waals surface area (Å²) >= 11 is 6.16. The summed E-state index contributed by atoms with van der Waals surface area (Å²) in [5.74, 6) is 0.975. The van der Waals surface area contributed by atoms with E-state index in [2.05, 4.69) is 29.4 Å². The first-order valence-corrected chi connectivity index (χ1v) is 11.9. The monoisotopic (exact) mass is 428 g/mol. The molecular formula is C25H33ClN2O2. The lowest BCUT2D eigenvalue weighted by Gasteiger charge is -2.50. The van der Waals surface area contributed by atoms with Gasteiger partial charge in [0.15, 0.2) is 0 Å². The summed E-state index contributed by atoms with van der Waals surface area (Å²) < 4.78 is 5.95. The quantitative estimate of drug-likeness (QED) is 0.512. The largest absolute Gasteiger partial charge is 0.462 e. The molecule has 1 aromatic carbocycles. The molecule has 5 rings (SSSR count). The molecule has 2 saturated carbocycles. The summed E-state index contributed by atoms with van der Waals surface area (Å²) in [6.07, 6.45) is 5.85. The van der Waals surface area contributed by atoms with Crippen LogP contribution in [0.25, 0.3) is 0 Å². The highest BCUT2D eigenvalue weighted by molar-refractivity contribution is 6.30. The van der Waals surface area contributed by atoms with Gasteiger partial charge in [0.1, 0.15) is 6.10 Å². The third-order valence-electron chi connectivity index (χ3n) is 8.32. The zero-order chi connectivity index (χ0) is 20.9. The molecule has 0 amide bonds. The molecule has 0 radical (unpaired) electrons. The third kappa shape index (κ3) is 3.67. The van der Waals surface area contributed by atoms with E-state index < -0.39 is 0 Å². The molecule has 0 bridgehead atoms. The van der Waals surface area contributed by atoms with Crippen LogP contribution in [0.15, 0.2) is 36.4 Å². The smallest absolute Gasteiger partial charge is 0.310 e. The number of carbonyl (C=O) groups excluding carboxylic acids is 1. The molecule has 4 aliphatic rings. The van der Waals surface area contributed by atoms with Crippen molar-refractivity contribution in [2.24, 2.45) is 23.2 Å². The second kappa shape index (κ2) is 7.87. The molecule has 0 aromatic heterocycles. The van der Waals surface area contributed by atoms with E-state index in [-0.39, 0.29) is 23.4 Å². The van der Waals surface area contributed by atoms with Crippen molar-refractivity contribution in [1.29, 1.82) is 0 Å². The minimum atomic E-state index is 0.0204. The molecule has 30 heavy (non-hydrogen) atoms. The van der Waals surface area contributed by atoms with Gasteiger partial charge in [-0.1, -0.05) is 36.7 Å². The van der Waals surface area contributed by atoms with E-state index in [1.165, 1.54) is 24.1 Å². The lowest BCUT2D eigenvalue weighted by molar-refractivity contribution is -0.146. The highest BCUT2D eigenvalue weighted by atomic mass is 35.5.